The fraction of sp³-hybridized carbons (Fsp3) is 0.188. The quantitative estimate of drug-likeness (QED) is 0.912. The van der Waals surface area contributed by atoms with E-state index < -0.39 is 0 Å². The molecule has 1 aliphatic heterocycles. The van der Waals surface area contributed by atoms with E-state index in [9.17, 15) is 14.3 Å². The standard InChI is InChI=1S/C16H14FNO2/c17-14-6-2-1-4-11(14)10-18-9-8-12-13(16(18)20)5-3-7-15(12)19/h1-7,19H,8-10H2. The summed E-state index contributed by atoms with van der Waals surface area (Å²) in [4.78, 5) is 14.0. The number of rotatable bonds is 2. The molecule has 3 rings (SSSR count). The molecule has 0 radical (unpaired) electrons. The Kier molecular flexibility index (Phi) is 3.14. The summed E-state index contributed by atoms with van der Waals surface area (Å²) in [6.45, 7) is 0.734. The minimum absolute atomic E-state index is 0.154. The average molecular weight is 271 g/mol. The van der Waals surface area contributed by atoms with Gasteiger partial charge in [-0.1, -0.05) is 24.3 Å². The van der Waals surface area contributed by atoms with Crippen molar-refractivity contribution < 1.29 is 14.3 Å². The number of benzene rings is 2. The van der Waals surface area contributed by atoms with E-state index in [1.54, 1.807) is 41.3 Å². The van der Waals surface area contributed by atoms with Crippen molar-refractivity contribution in [2.75, 3.05) is 6.54 Å². The SMILES string of the molecule is O=C1c2cccc(O)c2CCN1Cc1ccccc1F. The zero-order valence-electron chi connectivity index (χ0n) is 10.8. The Balaban J connectivity index is 1.88. The molecule has 0 atom stereocenters. The van der Waals surface area contributed by atoms with E-state index in [1.165, 1.54) is 6.07 Å². The van der Waals surface area contributed by atoms with Crippen LogP contribution in [-0.4, -0.2) is 22.5 Å². The third-order valence-electron chi connectivity index (χ3n) is 3.62. The topological polar surface area (TPSA) is 40.5 Å². The second-order valence-electron chi connectivity index (χ2n) is 4.87. The molecule has 0 unspecified atom stereocenters. The molecule has 2 aromatic rings. The Bertz CT molecular complexity index is 669. The number of carbonyl (C=O) groups is 1. The molecule has 102 valence electrons. The van der Waals surface area contributed by atoms with Crippen LogP contribution in [0, 0.1) is 5.82 Å². The van der Waals surface area contributed by atoms with Gasteiger partial charge in [-0.05, 0) is 24.6 Å². The van der Waals surface area contributed by atoms with Crippen LogP contribution in [0.5, 0.6) is 5.75 Å². The van der Waals surface area contributed by atoms with Gasteiger partial charge >= 0.3 is 0 Å². The summed E-state index contributed by atoms with van der Waals surface area (Å²) in [5.41, 5.74) is 1.69. The van der Waals surface area contributed by atoms with Crippen molar-refractivity contribution in [3.05, 3.63) is 65.0 Å². The Morgan fingerprint density at radius 1 is 1.15 bits per heavy atom. The summed E-state index contributed by atoms with van der Waals surface area (Å²) in [6, 6.07) is 11.4. The van der Waals surface area contributed by atoms with Crippen LogP contribution in [0.2, 0.25) is 0 Å². The second kappa shape index (κ2) is 4.96. The van der Waals surface area contributed by atoms with E-state index in [0.29, 0.717) is 29.7 Å². The number of hydrogen-bond acceptors (Lipinski definition) is 2. The van der Waals surface area contributed by atoms with Gasteiger partial charge in [0.2, 0.25) is 0 Å². The molecular formula is C16H14FNO2. The average Bonchev–Trinajstić information content (AvgIpc) is 2.45. The molecule has 0 bridgehead atoms. The maximum absolute atomic E-state index is 13.7. The molecule has 0 fully saturated rings. The predicted octanol–water partition coefficient (Wildman–Crippen LogP) is 2.73. The molecule has 0 saturated heterocycles. The van der Waals surface area contributed by atoms with E-state index in [4.69, 9.17) is 0 Å². The van der Waals surface area contributed by atoms with E-state index in [-0.39, 0.29) is 24.0 Å². The number of amides is 1. The van der Waals surface area contributed by atoms with Gasteiger partial charge in [-0.25, -0.2) is 4.39 Å². The largest absolute Gasteiger partial charge is 0.508 e. The van der Waals surface area contributed by atoms with Gasteiger partial charge in [0.1, 0.15) is 11.6 Å². The minimum atomic E-state index is -0.304. The highest BCUT2D eigenvalue weighted by Crippen LogP contribution is 2.27. The summed E-state index contributed by atoms with van der Waals surface area (Å²) in [5, 5.41) is 9.76. The zero-order valence-corrected chi connectivity index (χ0v) is 10.8. The summed E-state index contributed by atoms with van der Waals surface area (Å²) in [6.07, 6.45) is 0.586. The van der Waals surface area contributed by atoms with Gasteiger partial charge in [0.05, 0.1) is 0 Å². The van der Waals surface area contributed by atoms with Crippen LogP contribution in [0.3, 0.4) is 0 Å². The number of fused-ring (bicyclic) bond motifs is 1. The van der Waals surface area contributed by atoms with Gasteiger partial charge in [-0.15, -0.1) is 0 Å². The number of hydrogen-bond donors (Lipinski definition) is 1. The van der Waals surface area contributed by atoms with E-state index in [0.717, 1.165) is 0 Å². The first-order valence-electron chi connectivity index (χ1n) is 6.50. The van der Waals surface area contributed by atoms with E-state index in [2.05, 4.69) is 0 Å². The van der Waals surface area contributed by atoms with Crippen molar-refractivity contribution in [2.24, 2.45) is 0 Å². The Morgan fingerprint density at radius 3 is 2.75 bits per heavy atom. The molecule has 0 saturated carbocycles. The molecule has 1 heterocycles. The van der Waals surface area contributed by atoms with Crippen molar-refractivity contribution in [1.82, 2.24) is 4.90 Å². The normalized spacial score (nSPS) is 14.2. The lowest BCUT2D eigenvalue weighted by Crippen LogP contribution is -2.37. The fourth-order valence-electron chi connectivity index (χ4n) is 2.54. The summed E-state index contributed by atoms with van der Waals surface area (Å²) in [5.74, 6) is -0.311. The van der Waals surface area contributed by atoms with Crippen molar-refractivity contribution in [2.45, 2.75) is 13.0 Å². The Hall–Kier alpha value is -2.36. The molecule has 4 heteroatoms. The summed E-state index contributed by atoms with van der Waals surface area (Å²) >= 11 is 0. The number of aromatic hydroxyl groups is 1. The van der Waals surface area contributed by atoms with Gasteiger partial charge in [0.15, 0.2) is 0 Å². The predicted molar refractivity (Wildman–Crippen MR) is 73.0 cm³/mol. The van der Waals surface area contributed by atoms with Crippen molar-refractivity contribution in [1.29, 1.82) is 0 Å². The van der Waals surface area contributed by atoms with Crippen molar-refractivity contribution >= 4 is 5.91 Å². The number of nitrogens with zero attached hydrogens (tertiary/aromatic N) is 1. The second-order valence-corrected chi connectivity index (χ2v) is 4.87. The lowest BCUT2D eigenvalue weighted by atomic mass is 9.97. The van der Waals surface area contributed by atoms with Crippen LogP contribution in [0.15, 0.2) is 42.5 Å². The Morgan fingerprint density at radius 2 is 1.95 bits per heavy atom. The maximum atomic E-state index is 13.7. The van der Waals surface area contributed by atoms with Gasteiger partial charge in [-0.2, -0.15) is 0 Å². The molecule has 20 heavy (non-hydrogen) atoms. The monoisotopic (exact) mass is 271 g/mol. The first kappa shape index (κ1) is 12.7. The fourth-order valence-corrected chi connectivity index (χ4v) is 2.54. The summed E-state index contributed by atoms with van der Waals surface area (Å²) in [7, 11) is 0. The molecule has 1 amide bonds. The van der Waals surface area contributed by atoms with Crippen LogP contribution in [-0.2, 0) is 13.0 Å². The molecular weight excluding hydrogens is 257 g/mol. The number of phenolic OH excluding ortho intramolecular Hbond substituents is 1. The third kappa shape index (κ3) is 2.13. The smallest absolute Gasteiger partial charge is 0.254 e. The lowest BCUT2D eigenvalue weighted by molar-refractivity contribution is 0.0724. The van der Waals surface area contributed by atoms with Crippen LogP contribution in [0.4, 0.5) is 4.39 Å². The van der Waals surface area contributed by atoms with Gasteiger partial charge in [-0.3, -0.25) is 4.79 Å². The third-order valence-corrected chi connectivity index (χ3v) is 3.62. The van der Waals surface area contributed by atoms with E-state index in [1.807, 2.05) is 0 Å². The first-order valence-corrected chi connectivity index (χ1v) is 6.50. The molecule has 1 N–H and O–H groups in total. The number of carbonyl (C=O) groups excluding carboxylic acids is 1. The van der Waals surface area contributed by atoms with Crippen LogP contribution < -0.4 is 0 Å². The molecule has 1 aliphatic rings. The highest BCUT2D eigenvalue weighted by Gasteiger charge is 2.26. The van der Waals surface area contributed by atoms with Crippen molar-refractivity contribution in [3.63, 3.8) is 0 Å². The van der Waals surface area contributed by atoms with Crippen LogP contribution in [0.1, 0.15) is 21.5 Å². The number of phenols is 1. The molecule has 3 nitrogen and oxygen atoms in total. The molecule has 0 aliphatic carbocycles. The zero-order chi connectivity index (χ0) is 14.1. The van der Waals surface area contributed by atoms with Gasteiger partial charge in [0, 0.05) is 29.8 Å². The Labute approximate surface area is 116 Å². The highest BCUT2D eigenvalue weighted by atomic mass is 19.1. The summed E-state index contributed by atoms with van der Waals surface area (Å²) < 4.78 is 13.7. The number of halogens is 1. The van der Waals surface area contributed by atoms with Gasteiger partial charge in [0.25, 0.3) is 5.91 Å². The lowest BCUT2D eigenvalue weighted by Gasteiger charge is -2.29. The van der Waals surface area contributed by atoms with E-state index >= 15 is 0 Å². The minimum Gasteiger partial charge on any atom is -0.508 e. The van der Waals surface area contributed by atoms with Crippen molar-refractivity contribution in [3.8, 4) is 5.75 Å². The highest BCUT2D eigenvalue weighted by molar-refractivity contribution is 5.97. The van der Waals surface area contributed by atoms with Gasteiger partial charge < -0.3 is 10.0 Å². The molecule has 0 aromatic heterocycles. The maximum Gasteiger partial charge on any atom is 0.254 e. The van der Waals surface area contributed by atoms with Crippen LogP contribution in [0.25, 0.3) is 0 Å². The van der Waals surface area contributed by atoms with Crippen LogP contribution >= 0.6 is 0 Å². The first-order chi connectivity index (χ1) is 9.66. The molecule has 0 spiro atoms. The molecule has 2 aromatic carbocycles.